The van der Waals surface area contributed by atoms with E-state index in [9.17, 15) is 0 Å². The predicted molar refractivity (Wildman–Crippen MR) is 229 cm³/mol. The SMILES string of the molecule is CC1C=CC(c2ccc(N(c3ccc(-c4ccccc4)cc3)c3ccc4c(c3)C(C)(C)c3cc(-n5c6ccccc6c6ccccc65)ccc3-4)cc2)=CC1. The highest BCUT2D eigenvalue weighted by Gasteiger charge is 2.36. The van der Waals surface area contributed by atoms with Gasteiger partial charge in [-0.15, -0.1) is 0 Å². The molecule has 0 amide bonds. The predicted octanol–water partition coefficient (Wildman–Crippen LogP) is 14.2. The van der Waals surface area contributed by atoms with Crippen molar-refractivity contribution in [2.45, 2.75) is 32.6 Å². The molecule has 0 radical (unpaired) electrons. The fourth-order valence-corrected chi connectivity index (χ4v) is 8.82. The minimum absolute atomic E-state index is 0.195. The molecule has 0 aliphatic heterocycles. The second-order valence-corrected chi connectivity index (χ2v) is 15.5. The van der Waals surface area contributed by atoms with E-state index in [1.165, 1.54) is 72.0 Å². The Morgan fingerprint density at radius 1 is 0.537 bits per heavy atom. The smallest absolute Gasteiger partial charge is 0.0541 e. The van der Waals surface area contributed by atoms with Gasteiger partial charge in [-0.1, -0.05) is 142 Å². The Labute approximate surface area is 318 Å². The quantitative estimate of drug-likeness (QED) is 0.168. The summed E-state index contributed by atoms with van der Waals surface area (Å²) < 4.78 is 2.43. The highest BCUT2D eigenvalue weighted by Crippen LogP contribution is 2.51. The van der Waals surface area contributed by atoms with Crippen molar-refractivity contribution < 1.29 is 0 Å². The molecule has 1 atom stereocenters. The number of allylic oxidation sites excluding steroid dienone is 4. The first kappa shape index (κ1) is 32.3. The molecule has 1 heterocycles. The number of anilines is 3. The molecule has 8 aromatic rings. The van der Waals surface area contributed by atoms with Crippen LogP contribution in [0.2, 0.25) is 0 Å². The van der Waals surface area contributed by atoms with Crippen molar-refractivity contribution >= 4 is 44.4 Å². The molecule has 2 heteroatoms. The average molecular weight is 695 g/mol. The van der Waals surface area contributed by atoms with Gasteiger partial charge in [-0.3, -0.25) is 0 Å². The van der Waals surface area contributed by atoms with Gasteiger partial charge in [0, 0.05) is 38.9 Å². The van der Waals surface area contributed by atoms with Gasteiger partial charge >= 0.3 is 0 Å². The summed E-state index contributed by atoms with van der Waals surface area (Å²) in [6.07, 6.45) is 8.05. The summed E-state index contributed by atoms with van der Waals surface area (Å²) in [7, 11) is 0. The van der Waals surface area contributed by atoms with E-state index in [2.05, 4.69) is 212 Å². The first-order valence-electron chi connectivity index (χ1n) is 19.2. The van der Waals surface area contributed by atoms with Gasteiger partial charge in [0.25, 0.3) is 0 Å². The second-order valence-electron chi connectivity index (χ2n) is 15.5. The average Bonchev–Trinajstić information content (AvgIpc) is 3.67. The maximum Gasteiger partial charge on any atom is 0.0541 e. The molecular formula is C52H42N2. The van der Waals surface area contributed by atoms with Gasteiger partial charge in [0.05, 0.1) is 11.0 Å². The van der Waals surface area contributed by atoms with Crippen LogP contribution in [0, 0.1) is 5.92 Å². The van der Waals surface area contributed by atoms with Gasteiger partial charge in [0.15, 0.2) is 0 Å². The lowest BCUT2D eigenvalue weighted by Crippen LogP contribution is -2.17. The minimum Gasteiger partial charge on any atom is -0.310 e. The summed E-state index contributed by atoms with van der Waals surface area (Å²) in [6, 6.07) is 60.4. The molecule has 0 bridgehead atoms. The fourth-order valence-electron chi connectivity index (χ4n) is 8.82. The normalized spacial score (nSPS) is 15.6. The summed E-state index contributed by atoms with van der Waals surface area (Å²) in [4.78, 5) is 2.41. The lowest BCUT2D eigenvalue weighted by Gasteiger charge is -2.28. The monoisotopic (exact) mass is 694 g/mol. The number of para-hydroxylation sites is 2. The van der Waals surface area contributed by atoms with E-state index < -0.39 is 0 Å². The molecule has 2 nitrogen and oxygen atoms in total. The van der Waals surface area contributed by atoms with E-state index in [0.717, 1.165) is 23.5 Å². The molecule has 1 unspecified atom stereocenters. The Bertz CT molecular complexity index is 2710. The lowest BCUT2D eigenvalue weighted by atomic mass is 9.82. The number of hydrogen-bond donors (Lipinski definition) is 0. The van der Waals surface area contributed by atoms with Gasteiger partial charge in [0.1, 0.15) is 0 Å². The number of rotatable bonds is 6. The van der Waals surface area contributed by atoms with Crippen molar-refractivity contribution in [2.75, 3.05) is 4.90 Å². The van der Waals surface area contributed by atoms with Crippen molar-refractivity contribution in [3.63, 3.8) is 0 Å². The molecule has 7 aromatic carbocycles. The fraction of sp³-hybridized carbons (Fsp3) is 0.115. The first-order chi connectivity index (χ1) is 26.4. The van der Waals surface area contributed by atoms with E-state index in [1.54, 1.807) is 0 Å². The molecular weight excluding hydrogens is 653 g/mol. The van der Waals surface area contributed by atoms with Crippen LogP contribution in [-0.2, 0) is 5.41 Å². The zero-order chi connectivity index (χ0) is 36.4. The maximum atomic E-state index is 2.43. The molecule has 0 saturated heterocycles. The van der Waals surface area contributed by atoms with E-state index in [-0.39, 0.29) is 5.41 Å². The zero-order valence-electron chi connectivity index (χ0n) is 31.0. The summed E-state index contributed by atoms with van der Waals surface area (Å²) in [5.41, 5.74) is 17.2. The molecule has 54 heavy (non-hydrogen) atoms. The van der Waals surface area contributed by atoms with Crippen LogP contribution in [0.5, 0.6) is 0 Å². The van der Waals surface area contributed by atoms with E-state index in [4.69, 9.17) is 0 Å². The highest BCUT2D eigenvalue weighted by molar-refractivity contribution is 6.09. The topological polar surface area (TPSA) is 8.17 Å². The molecule has 0 spiro atoms. The number of nitrogens with zero attached hydrogens (tertiary/aromatic N) is 2. The van der Waals surface area contributed by atoms with Crippen LogP contribution >= 0.6 is 0 Å². The summed E-state index contributed by atoms with van der Waals surface area (Å²) in [5.74, 6) is 0.595. The molecule has 0 N–H and O–H groups in total. The summed E-state index contributed by atoms with van der Waals surface area (Å²) in [6.45, 7) is 7.04. The molecule has 0 fully saturated rings. The standard InChI is InChI=1S/C52H42N2/c1-35-17-19-37(20-18-35)39-23-27-41(28-24-39)53(40-25-21-38(22-26-40)36-11-5-4-6-12-36)42-29-31-44-45-32-30-43(34-49(45)52(2,3)48(44)33-42)54-50-15-9-7-13-46(50)47-14-8-10-16-51(47)54/h4-17,19-35H,18H2,1-3H3. The van der Waals surface area contributed by atoms with Gasteiger partial charge in [-0.25, -0.2) is 0 Å². The third-order valence-corrected chi connectivity index (χ3v) is 11.7. The highest BCUT2D eigenvalue weighted by atomic mass is 15.1. The van der Waals surface area contributed by atoms with Crippen molar-refractivity contribution in [1.29, 1.82) is 0 Å². The molecule has 1 aromatic heterocycles. The molecule has 10 rings (SSSR count). The van der Waals surface area contributed by atoms with E-state index in [0.29, 0.717) is 5.92 Å². The van der Waals surface area contributed by atoms with Gasteiger partial charge in [-0.2, -0.15) is 0 Å². The Balaban J connectivity index is 1.07. The van der Waals surface area contributed by atoms with Gasteiger partial charge in [0.2, 0.25) is 0 Å². The molecule has 2 aliphatic carbocycles. The van der Waals surface area contributed by atoms with Crippen molar-refractivity contribution in [3.8, 4) is 27.9 Å². The maximum absolute atomic E-state index is 2.43. The van der Waals surface area contributed by atoms with Crippen LogP contribution in [0.25, 0.3) is 55.3 Å². The van der Waals surface area contributed by atoms with Crippen LogP contribution < -0.4 is 4.90 Å². The van der Waals surface area contributed by atoms with Crippen molar-refractivity contribution in [1.82, 2.24) is 4.57 Å². The third-order valence-electron chi connectivity index (χ3n) is 11.7. The largest absolute Gasteiger partial charge is 0.310 e. The van der Waals surface area contributed by atoms with Crippen molar-refractivity contribution in [3.05, 3.63) is 199 Å². The molecule has 2 aliphatic rings. The van der Waals surface area contributed by atoms with Crippen LogP contribution in [0.3, 0.4) is 0 Å². The first-order valence-corrected chi connectivity index (χ1v) is 19.2. The number of aromatic nitrogens is 1. The summed E-state index contributed by atoms with van der Waals surface area (Å²) in [5, 5.41) is 2.57. The Hall–Kier alpha value is -6.38. The molecule has 260 valence electrons. The van der Waals surface area contributed by atoms with E-state index in [1.807, 2.05) is 0 Å². The second kappa shape index (κ2) is 12.6. The molecule has 0 saturated carbocycles. The Morgan fingerprint density at radius 3 is 1.70 bits per heavy atom. The van der Waals surface area contributed by atoms with Gasteiger partial charge in [-0.05, 0) is 118 Å². The zero-order valence-corrected chi connectivity index (χ0v) is 31.0. The third kappa shape index (κ3) is 5.24. The number of fused-ring (bicyclic) bond motifs is 6. The summed E-state index contributed by atoms with van der Waals surface area (Å²) >= 11 is 0. The van der Waals surface area contributed by atoms with Crippen LogP contribution in [0.4, 0.5) is 17.1 Å². The van der Waals surface area contributed by atoms with Crippen LogP contribution in [-0.4, -0.2) is 4.57 Å². The Morgan fingerprint density at radius 2 is 1.07 bits per heavy atom. The Kier molecular flexibility index (Phi) is 7.56. The minimum atomic E-state index is -0.195. The van der Waals surface area contributed by atoms with Crippen LogP contribution in [0.15, 0.2) is 182 Å². The van der Waals surface area contributed by atoms with Crippen molar-refractivity contribution in [2.24, 2.45) is 5.92 Å². The van der Waals surface area contributed by atoms with E-state index >= 15 is 0 Å². The number of hydrogen-bond acceptors (Lipinski definition) is 1. The van der Waals surface area contributed by atoms with Crippen LogP contribution in [0.1, 0.15) is 43.9 Å². The lowest BCUT2D eigenvalue weighted by molar-refractivity contribution is 0.660. The van der Waals surface area contributed by atoms with Gasteiger partial charge < -0.3 is 9.47 Å². The number of benzene rings is 7.